The second-order valence-electron chi connectivity index (χ2n) is 5.46. The van der Waals surface area contributed by atoms with Crippen LogP contribution in [0, 0.1) is 6.92 Å². The number of rotatable bonds is 4. The third-order valence-corrected chi connectivity index (χ3v) is 3.98. The Morgan fingerprint density at radius 2 is 1.82 bits per heavy atom. The van der Waals surface area contributed by atoms with Crippen LogP contribution in [0.5, 0.6) is 0 Å². The maximum absolute atomic E-state index is 12.3. The van der Waals surface area contributed by atoms with E-state index in [4.69, 9.17) is 9.52 Å². The molecule has 0 fully saturated rings. The highest BCUT2D eigenvalue weighted by Gasteiger charge is 2.12. The lowest BCUT2D eigenvalue weighted by Gasteiger charge is -2.09. The van der Waals surface area contributed by atoms with Gasteiger partial charge in [0.05, 0.1) is 0 Å². The lowest BCUT2D eigenvalue weighted by molar-refractivity contribution is 0.299. The summed E-state index contributed by atoms with van der Waals surface area (Å²) in [5, 5.41) is 9.97. The predicted molar refractivity (Wildman–Crippen MR) is 87.3 cm³/mol. The van der Waals surface area contributed by atoms with Crippen molar-refractivity contribution in [1.82, 2.24) is 0 Å². The number of aliphatic hydroxyl groups excluding tert-OH is 1. The predicted octanol–water partition coefficient (Wildman–Crippen LogP) is 3.23. The summed E-state index contributed by atoms with van der Waals surface area (Å²) in [5.74, 6) is 0. The Kier molecular flexibility index (Phi) is 4.07. The monoisotopic (exact) mass is 294 g/mol. The molecule has 0 saturated carbocycles. The summed E-state index contributed by atoms with van der Waals surface area (Å²) in [6.45, 7) is 2.05. The quantitative estimate of drug-likeness (QED) is 0.752. The highest BCUT2D eigenvalue weighted by Crippen LogP contribution is 2.22. The van der Waals surface area contributed by atoms with E-state index >= 15 is 0 Å². The van der Waals surface area contributed by atoms with E-state index in [-0.39, 0.29) is 12.2 Å². The molecule has 2 aromatic carbocycles. The summed E-state index contributed by atoms with van der Waals surface area (Å²) in [7, 11) is 0. The molecule has 3 nitrogen and oxygen atoms in total. The molecular weight excluding hydrogens is 276 g/mol. The third-order valence-electron chi connectivity index (χ3n) is 3.98. The summed E-state index contributed by atoms with van der Waals surface area (Å²) in [4.78, 5) is 12.3. The highest BCUT2D eigenvalue weighted by molar-refractivity contribution is 5.81. The minimum absolute atomic E-state index is 0.0841. The van der Waals surface area contributed by atoms with Gasteiger partial charge < -0.3 is 9.52 Å². The maximum Gasteiger partial charge on any atom is 0.340 e. The van der Waals surface area contributed by atoms with Crippen molar-refractivity contribution < 1.29 is 9.52 Å². The number of fused-ring (bicyclic) bond motifs is 1. The molecule has 3 aromatic rings. The summed E-state index contributed by atoms with van der Waals surface area (Å²) in [6, 6.07) is 15.7. The smallest absolute Gasteiger partial charge is 0.340 e. The van der Waals surface area contributed by atoms with Crippen LogP contribution in [0.15, 0.2) is 57.7 Å². The van der Waals surface area contributed by atoms with Gasteiger partial charge in [-0.2, -0.15) is 0 Å². The number of aliphatic hydroxyl groups is 1. The van der Waals surface area contributed by atoms with E-state index in [0.717, 1.165) is 22.1 Å². The normalized spacial score (nSPS) is 11.0. The van der Waals surface area contributed by atoms with Gasteiger partial charge in [0, 0.05) is 24.0 Å². The molecule has 1 N–H and O–H groups in total. The molecule has 0 saturated heterocycles. The largest absolute Gasteiger partial charge is 0.422 e. The number of aryl methyl sites for hydroxylation is 1. The molecule has 0 spiro atoms. The summed E-state index contributed by atoms with van der Waals surface area (Å²) < 4.78 is 5.50. The van der Waals surface area contributed by atoms with Crippen LogP contribution in [-0.4, -0.2) is 11.7 Å². The number of hydrogen-bond donors (Lipinski definition) is 1. The van der Waals surface area contributed by atoms with E-state index in [1.54, 1.807) is 0 Å². The van der Waals surface area contributed by atoms with Crippen molar-refractivity contribution in [2.75, 3.05) is 6.61 Å². The molecule has 1 heterocycles. The first kappa shape index (κ1) is 14.5. The van der Waals surface area contributed by atoms with Crippen LogP contribution in [0.2, 0.25) is 0 Å². The fraction of sp³-hybridized carbons (Fsp3) is 0.211. The van der Waals surface area contributed by atoms with Gasteiger partial charge in [0.25, 0.3) is 0 Å². The SMILES string of the molecule is Cc1c(Cc2ccccc2)c(=O)oc2cc(CCO)ccc12. The van der Waals surface area contributed by atoms with Crippen LogP contribution in [-0.2, 0) is 12.8 Å². The molecule has 1 aromatic heterocycles. The minimum Gasteiger partial charge on any atom is -0.422 e. The Labute approximate surface area is 128 Å². The Hall–Kier alpha value is -2.39. The van der Waals surface area contributed by atoms with Gasteiger partial charge in [-0.15, -0.1) is 0 Å². The average Bonchev–Trinajstić information content (AvgIpc) is 2.52. The van der Waals surface area contributed by atoms with Crippen LogP contribution < -0.4 is 5.63 Å². The zero-order valence-corrected chi connectivity index (χ0v) is 12.5. The van der Waals surface area contributed by atoms with Gasteiger partial charge in [0.2, 0.25) is 0 Å². The second kappa shape index (κ2) is 6.16. The number of hydrogen-bond acceptors (Lipinski definition) is 3. The standard InChI is InChI=1S/C19H18O3/c1-13-16-8-7-15(9-10-20)12-18(16)22-19(21)17(13)11-14-5-3-2-4-6-14/h2-8,12,20H,9-11H2,1H3. The molecule has 0 atom stereocenters. The maximum atomic E-state index is 12.3. The molecule has 112 valence electrons. The van der Waals surface area contributed by atoms with Gasteiger partial charge >= 0.3 is 5.63 Å². The molecule has 0 aliphatic rings. The van der Waals surface area contributed by atoms with Crippen LogP contribution in [0.3, 0.4) is 0 Å². The molecule has 0 aliphatic carbocycles. The van der Waals surface area contributed by atoms with Crippen LogP contribution in [0.25, 0.3) is 11.0 Å². The fourth-order valence-electron chi connectivity index (χ4n) is 2.73. The van der Waals surface area contributed by atoms with E-state index in [1.807, 2.05) is 55.5 Å². The summed E-state index contributed by atoms with van der Waals surface area (Å²) in [5.41, 5.74) is 4.03. The van der Waals surface area contributed by atoms with E-state index in [9.17, 15) is 4.79 Å². The van der Waals surface area contributed by atoms with E-state index in [2.05, 4.69) is 0 Å². The number of benzene rings is 2. The molecule has 3 rings (SSSR count). The molecule has 22 heavy (non-hydrogen) atoms. The molecule has 0 bridgehead atoms. The van der Waals surface area contributed by atoms with Crippen LogP contribution in [0.1, 0.15) is 22.3 Å². The average molecular weight is 294 g/mol. The lowest BCUT2D eigenvalue weighted by atomic mass is 9.99. The summed E-state index contributed by atoms with van der Waals surface area (Å²) in [6.07, 6.45) is 1.13. The van der Waals surface area contributed by atoms with Gasteiger partial charge in [0.1, 0.15) is 5.58 Å². The van der Waals surface area contributed by atoms with Gasteiger partial charge in [-0.25, -0.2) is 4.79 Å². The van der Waals surface area contributed by atoms with Crippen LogP contribution >= 0.6 is 0 Å². The van der Waals surface area contributed by atoms with Crippen molar-refractivity contribution in [3.8, 4) is 0 Å². The molecule has 0 unspecified atom stereocenters. The first-order valence-corrected chi connectivity index (χ1v) is 7.39. The van der Waals surface area contributed by atoms with Crippen molar-refractivity contribution in [3.63, 3.8) is 0 Å². The van der Waals surface area contributed by atoms with Crippen molar-refractivity contribution in [2.45, 2.75) is 19.8 Å². The zero-order chi connectivity index (χ0) is 15.5. The van der Waals surface area contributed by atoms with E-state index in [1.165, 1.54) is 0 Å². The van der Waals surface area contributed by atoms with Gasteiger partial charge in [-0.1, -0.05) is 42.5 Å². The van der Waals surface area contributed by atoms with E-state index < -0.39 is 0 Å². The first-order valence-electron chi connectivity index (χ1n) is 7.39. The van der Waals surface area contributed by atoms with Gasteiger partial charge in [-0.3, -0.25) is 0 Å². The Morgan fingerprint density at radius 1 is 1.05 bits per heavy atom. The molecule has 0 amide bonds. The molecular formula is C19H18O3. The first-order chi connectivity index (χ1) is 10.7. The molecule has 0 aliphatic heterocycles. The van der Waals surface area contributed by atoms with Crippen molar-refractivity contribution in [1.29, 1.82) is 0 Å². The summed E-state index contributed by atoms with van der Waals surface area (Å²) >= 11 is 0. The van der Waals surface area contributed by atoms with Crippen molar-refractivity contribution in [2.24, 2.45) is 0 Å². The Morgan fingerprint density at radius 3 is 2.55 bits per heavy atom. The molecule has 3 heteroatoms. The second-order valence-corrected chi connectivity index (χ2v) is 5.46. The van der Waals surface area contributed by atoms with Crippen molar-refractivity contribution >= 4 is 11.0 Å². The lowest BCUT2D eigenvalue weighted by Crippen LogP contribution is -2.11. The topological polar surface area (TPSA) is 50.4 Å². The van der Waals surface area contributed by atoms with Gasteiger partial charge in [0.15, 0.2) is 0 Å². The third kappa shape index (κ3) is 2.81. The van der Waals surface area contributed by atoms with Gasteiger partial charge in [-0.05, 0) is 36.1 Å². The Balaban J connectivity index is 2.08. The minimum atomic E-state index is -0.282. The molecule has 0 radical (unpaired) electrons. The Bertz CT molecular complexity index is 848. The zero-order valence-electron chi connectivity index (χ0n) is 12.5. The van der Waals surface area contributed by atoms with Crippen molar-refractivity contribution in [3.05, 3.63) is 81.2 Å². The van der Waals surface area contributed by atoms with E-state index in [0.29, 0.717) is 24.0 Å². The van der Waals surface area contributed by atoms with Crippen LogP contribution in [0.4, 0.5) is 0 Å². The highest BCUT2D eigenvalue weighted by atomic mass is 16.4. The fourth-order valence-corrected chi connectivity index (χ4v) is 2.73.